The van der Waals surface area contributed by atoms with Crippen LogP contribution in [0.3, 0.4) is 0 Å². The molecule has 0 aliphatic heterocycles. The largest absolute Gasteiger partial charge is 0.391 e. The molecular formula is C17H23N3O2. The number of carbonyl (C=O) groups is 1. The standard InChI is InChI=1S/C17H23N3O2/c18-13(17(22)20-15-7-3-4-8-16(15)21)9-11-10-19-14-6-2-1-5-12(11)14/h1-2,5-6,10,13,15-16,19,21H,3-4,7-9,18H2,(H,20,22)/t13-,15-,16-/m0/s1. The first-order chi connectivity index (χ1) is 10.6. The highest BCUT2D eigenvalue weighted by atomic mass is 16.3. The molecule has 3 rings (SSSR count). The number of aliphatic hydroxyl groups excluding tert-OH is 1. The van der Waals surface area contributed by atoms with Gasteiger partial charge in [0.25, 0.3) is 0 Å². The smallest absolute Gasteiger partial charge is 0.237 e. The summed E-state index contributed by atoms with van der Waals surface area (Å²) in [7, 11) is 0. The number of aromatic amines is 1. The van der Waals surface area contributed by atoms with Crippen molar-refractivity contribution in [1.29, 1.82) is 0 Å². The number of nitrogens with one attached hydrogen (secondary N) is 2. The van der Waals surface area contributed by atoms with E-state index in [0.717, 1.165) is 42.1 Å². The monoisotopic (exact) mass is 301 g/mol. The van der Waals surface area contributed by atoms with Gasteiger partial charge in [-0.2, -0.15) is 0 Å². The summed E-state index contributed by atoms with van der Waals surface area (Å²) in [5.41, 5.74) is 8.15. The van der Waals surface area contributed by atoms with E-state index in [1.165, 1.54) is 0 Å². The summed E-state index contributed by atoms with van der Waals surface area (Å²) in [4.78, 5) is 15.5. The average molecular weight is 301 g/mol. The summed E-state index contributed by atoms with van der Waals surface area (Å²) in [6, 6.07) is 7.21. The van der Waals surface area contributed by atoms with Crippen molar-refractivity contribution in [3.05, 3.63) is 36.0 Å². The Hall–Kier alpha value is -1.85. The Labute approximate surface area is 129 Å². The first-order valence-electron chi connectivity index (χ1n) is 7.94. The van der Waals surface area contributed by atoms with Crippen LogP contribution in [0, 0.1) is 0 Å². The van der Waals surface area contributed by atoms with Gasteiger partial charge in [-0.15, -0.1) is 0 Å². The summed E-state index contributed by atoms with van der Waals surface area (Å²) < 4.78 is 0. The van der Waals surface area contributed by atoms with Gasteiger partial charge in [-0.05, 0) is 30.9 Å². The van der Waals surface area contributed by atoms with Crippen LogP contribution < -0.4 is 11.1 Å². The zero-order chi connectivity index (χ0) is 15.5. The Morgan fingerprint density at radius 1 is 1.36 bits per heavy atom. The normalized spacial score (nSPS) is 23.4. The van der Waals surface area contributed by atoms with Gasteiger partial charge in [-0.1, -0.05) is 31.0 Å². The number of aromatic nitrogens is 1. The second-order valence-electron chi connectivity index (χ2n) is 6.14. The lowest BCUT2D eigenvalue weighted by Crippen LogP contribution is -2.51. The minimum Gasteiger partial charge on any atom is -0.391 e. The molecule has 118 valence electrons. The number of hydrogen-bond acceptors (Lipinski definition) is 3. The van der Waals surface area contributed by atoms with Crippen LogP contribution in [0.25, 0.3) is 10.9 Å². The second-order valence-corrected chi connectivity index (χ2v) is 6.14. The molecule has 1 saturated carbocycles. The van der Waals surface area contributed by atoms with Crippen molar-refractivity contribution in [1.82, 2.24) is 10.3 Å². The molecule has 1 aliphatic carbocycles. The zero-order valence-electron chi connectivity index (χ0n) is 12.6. The molecule has 5 N–H and O–H groups in total. The van der Waals surface area contributed by atoms with E-state index in [0.29, 0.717) is 6.42 Å². The Kier molecular flexibility index (Phi) is 4.45. The molecule has 5 heteroatoms. The highest BCUT2D eigenvalue weighted by Crippen LogP contribution is 2.20. The zero-order valence-corrected chi connectivity index (χ0v) is 12.6. The van der Waals surface area contributed by atoms with Crippen molar-refractivity contribution in [3.63, 3.8) is 0 Å². The van der Waals surface area contributed by atoms with Crippen LogP contribution in [-0.4, -0.2) is 34.2 Å². The van der Waals surface area contributed by atoms with Crippen LogP contribution in [0.2, 0.25) is 0 Å². The van der Waals surface area contributed by atoms with E-state index < -0.39 is 12.1 Å². The van der Waals surface area contributed by atoms with Crippen LogP contribution in [-0.2, 0) is 11.2 Å². The maximum Gasteiger partial charge on any atom is 0.237 e. The minimum atomic E-state index is -0.603. The Morgan fingerprint density at radius 3 is 2.95 bits per heavy atom. The maximum atomic E-state index is 12.3. The molecular weight excluding hydrogens is 278 g/mol. The third-order valence-electron chi connectivity index (χ3n) is 4.51. The van der Waals surface area contributed by atoms with Crippen LogP contribution in [0.15, 0.2) is 30.5 Å². The number of hydrogen-bond donors (Lipinski definition) is 4. The van der Waals surface area contributed by atoms with Crippen molar-refractivity contribution in [2.75, 3.05) is 0 Å². The number of H-pyrrole nitrogens is 1. The van der Waals surface area contributed by atoms with Crippen molar-refractivity contribution in [3.8, 4) is 0 Å². The van der Waals surface area contributed by atoms with Crippen molar-refractivity contribution < 1.29 is 9.90 Å². The molecule has 1 aromatic carbocycles. The van der Waals surface area contributed by atoms with Gasteiger partial charge in [-0.3, -0.25) is 4.79 Å². The van der Waals surface area contributed by atoms with E-state index in [2.05, 4.69) is 10.3 Å². The molecule has 1 aromatic heterocycles. The number of carbonyl (C=O) groups excluding carboxylic acids is 1. The fourth-order valence-corrected chi connectivity index (χ4v) is 3.20. The molecule has 0 spiro atoms. The quantitative estimate of drug-likeness (QED) is 0.689. The lowest BCUT2D eigenvalue weighted by Gasteiger charge is -2.29. The average Bonchev–Trinajstić information content (AvgIpc) is 2.93. The number of benzene rings is 1. The topological polar surface area (TPSA) is 91.1 Å². The number of rotatable bonds is 4. The Bertz CT molecular complexity index is 652. The van der Waals surface area contributed by atoms with Gasteiger partial charge in [0, 0.05) is 17.1 Å². The Morgan fingerprint density at radius 2 is 2.14 bits per heavy atom. The molecule has 0 saturated heterocycles. The van der Waals surface area contributed by atoms with Gasteiger partial charge in [-0.25, -0.2) is 0 Å². The second kappa shape index (κ2) is 6.50. The fraction of sp³-hybridized carbons (Fsp3) is 0.471. The highest BCUT2D eigenvalue weighted by molar-refractivity contribution is 5.86. The van der Waals surface area contributed by atoms with Crippen LogP contribution in [0.5, 0.6) is 0 Å². The summed E-state index contributed by atoms with van der Waals surface area (Å²) in [5, 5.41) is 13.9. The summed E-state index contributed by atoms with van der Waals surface area (Å²) in [6.45, 7) is 0. The third kappa shape index (κ3) is 3.15. The molecule has 1 fully saturated rings. The van der Waals surface area contributed by atoms with Crippen molar-refractivity contribution >= 4 is 16.8 Å². The molecule has 2 aromatic rings. The van der Waals surface area contributed by atoms with E-state index in [4.69, 9.17) is 5.73 Å². The third-order valence-corrected chi connectivity index (χ3v) is 4.51. The minimum absolute atomic E-state index is 0.157. The van der Waals surface area contributed by atoms with Crippen molar-refractivity contribution in [2.45, 2.75) is 50.3 Å². The van der Waals surface area contributed by atoms with Gasteiger partial charge >= 0.3 is 0 Å². The van der Waals surface area contributed by atoms with E-state index >= 15 is 0 Å². The SMILES string of the molecule is N[C@@H](Cc1c[nH]c2ccccc12)C(=O)N[C@H]1CCCC[C@@H]1O. The van der Waals surface area contributed by atoms with E-state index in [1.54, 1.807) is 0 Å². The van der Waals surface area contributed by atoms with Crippen LogP contribution in [0.1, 0.15) is 31.2 Å². The van der Waals surface area contributed by atoms with E-state index in [1.807, 2.05) is 30.5 Å². The number of aliphatic hydroxyl groups is 1. The number of nitrogens with two attached hydrogens (primary N) is 1. The van der Waals surface area contributed by atoms with Gasteiger partial charge in [0.2, 0.25) is 5.91 Å². The van der Waals surface area contributed by atoms with E-state index in [9.17, 15) is 9.90 Å². The lowest BCUT2D eigenvalue weighted by molar-refractivity contribution is -0.124. The maximum absolute atomic E-state index is 12.3. The number of amides is 1. The van der Waals surface area contributed by atoms with Gasteiger partial charge < -0.3 is 21.1 Å². The summed E-state index contributed by atoms with van der Waals surface area (Å²) in [6.07, 6.45) is 5.59. The number of para-hydroxylation sites is 1. The molecule has 1 aliphatic rings. The summed E-state index contributed by atoms with van der Waals surface area (Å²) in [5.74, 6) is -0.184. The first-order valence-corrected chi connectivity index (χ1v) is 7.94. The molecule has 0 radical (unpaired) electrons. The molecule has 22 heavy (non-hydrogen) atoms. The molecule has 5 nitrogen and oxygen atoms in total. The van der Waals surface area contributed by atoms with Gasteiger partial charge in [0.05, 0.1) is 18.2 Å². The van der Waals surface area contributed by atoms with Gasteiger partial charge in [0.1, 0.15) is 0 Å². The van der Waals surface area contributed by atoms with Crippen molar-refractivity contribution in [2.24, 2.45) is 5.73 Å². The molecule has 1 amide bonds. The first kappa shape index (κ1) is 15.1. The molecule has 0 unspecified atom stereocenters. The predicted molar refractivity (Wildman–Crippen MR) is 86.4 cm³/mol. The lowest BCUT2D eigenvalue weighted by atomic mass is 9.92. The fourth-order valence-electron chi connectivity index (χ4n) is 3.20. The predicted octanol–water partition coefficient (Wildman–Crippen LogP) is 1.46. The number of fused-ring (bicyclic) bond motifs is 1. The summed E-state index contributed by atoms with van der Waals surface area (Å²) >= 11 is 0. The highest BCUT2D eigenvalue weighted by Gasteiger charge is 2.26. The van der Waals surface area contributed by atoms with E-state index in [-0.39, 0.29) is 11.9 Å². The van der Waals surface area contributed by atoms with Gasteiger partial charge in [0.15, 0.2) is 0 Å². The Balaban J connectivity index is 1.63. The molecule has 0 bridgehead atoms. The molecule has 1 heterocycles. The van der Waals surface area contributed by atoms with Crippen LogP contribution in [0.4, 0.5) is 0 Å². The molecule has 3 atom stereocenters. The van der Waals surface area contributed by atoms with Crippen LogP contribution >= 0.6 is 0 Å².